The van der Waals surface area contributed by atoms with Crippen LogP contribution in [0, 0.1) is 0 Å². The van der Waals surface area contributed by atoms with E-state index in [2.05, 4.69) is 5.32 Å². The number of ether oxygens (including phenoxy) is 3. The third-order valence-corrected chi connectivity index (χ3v) is 4.82. The maximum atomic E-state index is 13.1. The third-order valence-electron chi connectivity index (χ3n) is 4.82. The van der Waals surface area contributed by atoms with Crippen LogP contribution >= 0.6 is 0 Å². The molecule has 32 heavy (non-hydrogen) atoms. The van der Waals surface area contributed by atoms with Gasteiger partial charge in [-0.2, -0.15) is 13.2 Å². The number of hydrogen-bond donors (Lipinski definition) is 1. The van der Waals surface area contributed by atoms with Crippen molar-refractivity contribution in [2.24, 2.45) is 0 Å². The Labute approximate surface area is 182 Å². The van der Waals surface area contributed by atoms with Gasteiger partial charge in [0.25, 0.3) is 11.8 Å². The molecule has 0 saturated carbocycles. The molecule has 1 heterocycles. The smallest absolute Gasteiger partial charge is 0.416 e. The number of alkyl halides is 3. The van der Waals surface area contributed by atoms with Crippen LogP contribution in [-0.4, -0.2) is 51.2 Å². The van der Waals surface area contributed by atoms with Gasteiger partial charge in [-0.1, -0.05) is 12.1 Å². The third kappa shape index (κ3) is 4.54. The molecular formula is C22H21F3N2O5. The van der Waals surface area contributed by atoms with Crippen molar-refractivity contribution in [3.8, 4) is 11.5 Å². The summed E-state index contributed by atoms with van der Waals surface area (Å²) in [7, 11) is 4.30. The summed E-state index contributed by atoms with van der Waals surface area (Å²) in [6.45, 7) is 0.0895. The average Bonchev–Trinajstić information content (AvgIpc) is 3.00. The molecule has 0 bridgehead atoms. The molecule has 1 aliphatic rings. The standard InChI is InChI=1S/C22H21F3N2O5/c1-30-10-9-27-20(28)18(13-7-8-16(31-2)17(11-13)32-3)19(21(27)29)26-15-6-4-5-14(12-15)22(23,24)25/h4-8,11-12,26H,9-10H2,1-3H3. The zero-order valence-corrected chi connectivity index (χ0v) is 17.6. The highest BCUT2D eigenvalue weighted by Crippen LogP contribution is 2.36. The number of carbonyl (C=O) groups excluding carboxylic acids is 2. The number of amides is 2. The lowest BCUT2D eigenvalue weighted by Crippen LogP contribution is -2.35. The molecule has 10 heteroatoms. The van der Waals surface area contributed by atoms with Crippen LogP contribution < -0.4 is 14.8 Å². The normalized spacial score (nSPS) is 14.2. The van der Waals surface area contributed by atoms with Gasteiger partial charge in [-0.25, -0.2) is 0 Å². The second-order valence-electron chi connectivity index (χ2n) is 6.78. The molecular weight excluding hydrogens is 429 g/mol. The number of benzene rings is 2. The second-order valence-corrected chi connectivity index (χ2v) is 6.78. The first-order valence-corrected chi connectivity index (χ1v) is 9.47. The van der Waals surface area contributed by atoms with Gasteiger partial charge < -0.3 is 19.5 Å². The summed E-state index contributed by atoms with van der Waals surface area (Å²) >= 11 is 0. The number of halogens is 3. The summed E-state index contributed by atoms with van der Waals surface area (Å²) in [4.78, 5) is 27.1. The van der Waals surface area contributed by atoms with E-state index in [1.165, 1.54) is 39.5 Å². The number of imide groups is 1. The summed E-state index contributed by atoms with van der Waals surface area (Å²) in [6.07, 6.45) is -4.56. The number of carbonyl (C=O) groups is 2. The van der Waals surface area contributed by atoms with Gasteiger partial charge >= 0.3 is 6.18 Å². The van der Waals surface area contributed by atoms with E-state index < -0.39 is 23.6 Å². The summed E-state index contributed by atoms with van der Waals surface area (Å²) < 4.78 is 54.8. The monoisotopic (exact) mass is 450 g/mol. The van der Waals surface area contributed by atoms with Crippen LogP contribution in [0.15, 0.2) is 48.2 Å². The van der Waals surface area contributed by atoms with E-state index in [0.717, 1.165) is 17.0 Å². The molecule has 0 unspecified atom stereocenters. The molecule has 0 radical (unpaired) electrons. The van der Waals surface area contributed by atoms with Crippen LogP contribution in [-0.2, 0) is 20.5 Å². The van der Waals surface area contributed by atoms with Crippen molar-refractivity contribution in [3.05, 3.63) is 59.3 Å². The number of rotatable bonds is 8. The maximum Gasteiger partial charge on any atom is 0.416 e. The van der Waals surface area contributed by atoms with Gasteiger partial charge in [0, 0.05) is 12.8 Å². The molecule has 0 saturated heterocycles. The predicted molar refractivity (Wildman–Crippen MR) is 110 cm³/mol. The highest BCUT2D eigenvalue weighted by Gasteiger charge is 2.39. The highest BCUT2D eigenvalue weighted by molar-refractivity contribution is 6.36. The summed E-state index contributed by atoms with van der Waals surface area (Å²) in [6, 6.07) is 9.03. The fourth-order valence-corrected chi connectivity index (χ4v) is 3.25. The molecule has 1 aliphatic heterocycles. The lowest BCUT2D eigenvalue weighted by atomic mass is 10.0. The number of hydrogen-bond acceptors (Lipinski definition) is 6. The minimum Gasteiger partial charge on any atom is -0.493 e. The van der Waals surface area contributed by atoms with Crippen molar-refractivity contribution in [1.82, 2.24) is 4.90 Å². The van der Waals surface area contributed by atoms with E-state index >= 15 is 0 Å². The van der Waals surface area contributed by atoms with Crippen LogP contribution in [0.25, 0.3) is 5.57 Å². The van der Waals surface area contributed by atoms with Gasteiger partial charge in [0.05, 0.1) is 38.5 Å². The van der Waals surface area contributed by atoms with Gasteiger partial charge in [0.2, 0.25) is 0 Å². The Kier molecular flexibility index (Phi) is 6.73. The lowest BCUT2D eigenvalue weighted by molar-refractivity contribution is -0.138. The molecule has 1 N–H and O–H groups in total. The largest absolute Gasteiger partial charge is 0.493 e. The zero-order chi connectivity index (χ0) is 23.5. The molecule has 7 nitrogen and oxygen atoms in total. The van der Waals surface area contributed by atoms with Crippen molar-refractivity contribution < 1.29 is 37.0 Å². The van der Waals surface area contributed by atoms with Gasteiger partial charge in [-0.3, -0.25) is 14.5 Å². The minimum atomic E-state index is -4.56. The fraction of sp³-hybridized carbons (Fsp3) is 0.273. The molecule has 0 atom stereocenters. The Morgan fingerprint density at radius 1 is 0.938 bits per heavy atom. The first-order valence-electron chi connectivity index (χ1n) is 9.47. The maximum absolute atomic E-state index is 13.1. The molecule has 0 aliphatic carbocycles. The topological polar surface area (TPSA) is 77.1 Å². The lowest BCUT2D eigenvalue weighted by Gasteiger charge is -2.15. The summed E-state index contributed by atoms with van der Waals surface area (Å²) in [5.74, 6) is -0.535. The second kappa shape index (κ2) is 9.31. The van der Waals surface area contributed by atoms with E-state index in [-0.39, 0.29) is 30.1 Å². The molecule has 0 fully saturated rings. The molecule has 0 aromatic heterocycles. The molecule has 3 rings (SSSR count). The van der Waals surface area contributed by atoms with Crippen LogP contribution in [0.4, 0.5) is 18.9 Å². The zero-order valence-electron chi connectivity index (χ0n) is 17.6. The first-order chi connectivity index (χ1) is 15.2. The minimum absolute atomic E-state index is 0.00414. The van der Waals surface area contributed by atoms with Gasteiger partial charge in [-0.05, 0) is 35.9 Å². The Bertz CT molecular complexity index is 1070. The molecule has 0 spiro atoms. The van der Waals surface area contributed by atoms with E-state index in [1.54, 1.807) is 12.1 Å². The Hall–Kier alpha value is -3.53. The van der Waals surface area contributed by atoms with E-state index in [4.69, 9.17) is 14.2 Å². The molecule has 170 valence electrons. The number of methoxy groups -OCH3 is 3. The predicted octanol–water partition coefficient (Wildman–Crippen LogP) is 3.56. The van der Waals surface area contributed by atoms with Gasteiger partial charge in [0.15, 0.2) is 11.5 Å². The molecule has 2 aromatic rings. The number of nitrogens with one attached hydrogen (secondary N) is 1. The van der Waals surface area contributed by atoms with E-state index in [9.17, 15) is 22.8 Å². The Balaban J connectivity index is 2.09. The van der Waals surface area contributed by atoms with Crippen LogP contribution in [0.2, 0.25) is 0 Å². The summed E-state index contributed by atoms with van der Waals surface area (Å²) in [5.41, 5.74) is -0.663. The van der Waals surface area contributed by atoms with E-state index in [0.29, 0.717) is 17.1 Å². The van der Waals surface area contributed by atoms with Crippen LogP contribution in [0.5, 0.6) is 11.5 Å². The van der Waals surface area contributed by atoms with Crippen molar-refractivity contribution in [2.75, 3.05) is 39.8 Å². The Morgan fingerprint density at radius 2 is 1.66 bits per heavy atom. The van der Waals surface area contributed by atoms with Crippen LogP contribution in [0.1, 0.15) is 11.1 Å². The SMILES string of the molecule is COCCN1C(=O)C(Nc2cccc(C(F)(F)F)c2)=C(c2ccc(OC)c(OC)c2)C1=O. The van der Waals surface area contributed by atoms with Gasteiger partial charge in [-0.15, -0.1) is 0 Å². The molecule has 2 amide bonds. The average molecular weight is 450 g/mol. The van der Waals surface area contributed by atoms with E-state index in [1.807, 2.05) is 0 Å². The van der Waals surface area contributed by atoms with Crippen molar-refractivity contribution in [2.45, 2.75) is 6.18 Å². The highest BCUT2D eigenvalue weighted by atomic mass is 19.4. The summed E-state index contributed by atoms with van der Waals surface area (Å²) in [5, 5.41) is 2.71. The first kappa shape index (κ1) is 23.1. The number of anilines is 1. The quantitative estimate of drug-likeness (QED) is 0.620. The molecule has 2 aromatic carbocycles. The van der Waals surface area contributed by atoms with Crippen molar-refractivity contribution in [3.63, 3.8) is 0 Å². The van der Waals surface area contributed by atoms with Crippen LogP contribution in [0.3, 0.4) is 0 Å². The van der Waals surface area contributed by atoms with Crippen molar-refractivity contribution >= 4 is 23.1 Å². The fourth-order valence-electron chi connectivity index (χ4n) is 3.25. The Morgan fingerprint density at radius 3 is 2.28 bits per heavy atom. The van der Waals surface area contributed by atoms with Gasteiger partial charge in [0.1, 0.15) is 5.70 Å². The van der Waals surface area contributed by atoms with Crippen molar-refractivity contribution in [1.29, 1.82) is 0 Å². The number of nitrogens with zero attached hydrogens (tertiary/aromatic N) is 1.